The lowest BCUT2D eigenvalue weighted by Crippen LogP contribution is -2.12. The molecular weight excluding hydrogens is 592 g/mol. The lowest BCUT2D eigenvalue weighted by molar-refractivity contribution is 0.591. The maximum absolute atomic E-state index is 9.78. The van der Waals surface area contributed by atoms with E-state index in [2.05, 4.69) is 90.1 Å². The summed E-state index contributed by atoms with van der Waals surface area (Å²) in [6, 6.07) is 23.8. The second kappa shape index (κ2) is 9.52. The van der Waals surface area contributed by atoms with Gasteiger partial charge in [0.15, 0.2) is 0 Å². The topological polar surface area (TPSA) is 147 Å². The first kappa shape index (κ1) is 29.0. The van der Waals surface area contributed by atoms with E-state index in [0.717, 1.165) is 43.4 Å². The largest absolute Gasteiger partial charge is 0.244 e. The normalized spacial score (nSPS) is 12.3. The van der Waals surface area contributed by atoms with Gasteiger partial charge in [0.2, 0.25) is 0 Å². The van der Waals surface area contributed by atoms with Crippen LogP contribution in [0.4, 0.5) is 0 Å². The second-order valence-corrected chi connectivity index (χ2v) is 14.5. The number of nitriles is 4. The van der Waals surface area contributed by atoms with Crippen molar-refractivity contribution in [3.63, 3.8) is 0 Å². The molecular formula is C40H26N8. The van der Waals surface area contributed by atoms with Gasteiger partial charge in [-0.2, -0.15) is 21.0 Å². The van der Waals surface area contributed by atoms with Gasteiger partial charge in [-0.1, -0.05) is 41.5 Å². The zero-order chi connectivity index (χ0) is 33.9. The Kier molecular flexibility index (Phi) is 5.74. The molecule has 0 amide bonds. The number of hydrogen-bond acceptors (Lipinski definition) is 8. The predicted octanol–water partition coefficient (Wildman–Crippen LogP) is 8.86. The maximum atomic E-state index is 9.78. The SMILES string of the molecule is CC(C)(C)c1cc2c3nc4cc(C#N)c(C#N)cc4nc3c3cc(C(C)(C)C)cc4c5nc6cc(C#N)c(C#N)cc6nc5c(c1)c2c34. The van der Waals surface area contributed by atoms with Gasteiger partial charge in [-0.25, -0.2) is 19.9 Å². The van der Waals surface area contributed by atoms with E-state index in [0.29, 0.717) is 44.1 Å². The van der Waals surface area contributed by atoms with Crippen LogP contribution >= 0.6 is 0 Å². The maximum Gasteiger partial charge on any atom is 0.101 e. The van der Waals surface area contributed by atoms with E-state index in [4.69, 9.17) is 19.9 Å². The number of nitrogens with zero attached hydrogens (tertiary/aromatic N) is 8. The summed E-state index contributed by atoms with van der Waals surface area (Å²) in [5, 5.41) is 44.7. The molecule has 0 bridgehead atoms. The molecule has 0 N–H and O–H groups in total. The van der Waals surface area contributed by atoms with Crippen LogP contribution in [0.2, 0.25) is 0 Å². The standard InChI is InChI=1S/C40H26N8/c1-39(2,3)23-11-25-33-26(12-23)36-38(48-32-10-22(18-44)20(16-42)8-30(32)46-36)28-14-24(40(4,5)6)13-27(34(28)33)37-35(25)45-29-7-19(15-41)21(17-43)9-31(29)47-37/h7-14H,1-6H3. The molecule has 226 valence electrons. The summed E-state index contributed by atoms with van der Waals surface area (Å²) in [6.07, 6.45) is 0. The number of benzene rings is 6. The van der Waals surface area contributed by atoms with E-state index in [1.54, 1.807) is 24.3 Å². The third-order valence-electron chi connectivity index (χ3n) is 9.37. The number of hydrogen-bond donors (Lipinski definition) is 0. The monoisotopic (exact) mass is 618 g/mol. The summed E-state index contributed by atoms with van der Waals surface area (Å²) in [7, 11) is 0. The van der Waals surface area contributed by atoms with Gasteiger partial charge < -0.3 is 0 Å². The Morgan fingerprint density at radius 2 is 0.625 bits per heavy atom. The van der Waals surface area contributed by atoms with Crippen molar-refractivity contribution in [2.24, 2.45) is 0 Å². The molecule has 8 nitrogen and oxygen atoms in total. The smallest absolute Gasteiger partial charge is 0.101 e. The molecule has 0 aliphatic heterocycles. The molecule has 2 aromatic heterocycles. The zero-order valence-electron chi connectivity index (χ0n) is 27.2. The first-order valence-electron chi connectivity index (χ1n) is 15.6. The van der Waals surface area contributed by atoms with Crippen LogP contribution in [0, 0.1) is 45.3 Å². The summed E-state index contributed by atoms with van der Waals surface area (Å²) in [5.41, 5.74) is 7.65. The van der Waals surface area contributed by atoms with Gasteiger partial charge >= 0.3 is 0 Å². The molecule has 0 fully saturated rings. The van der Waals surface area contributed by atoms with Gasteiger partial charge in [0, 0.05) is 32.3 Å². The van der Waals surface area contributed by atoms with Crippen molar-refractivity contribution in [2.75, 3.05) is 0 Å². The molecule has 2 heterocycles. The van der Waals surface area contributed by atoms with E-state index < -0.39 is 0 Å². The number of aromatic nitrogens is 4. The van der Waals surface area contributed by atoms with Gasteiger partial charge in [-0.05, 0) is 70.5 Å². The Labute approximate surface area is 275 Å². The number of rotatable bonds is 0. The fourth-order valence-corrected chi connectivity index (χ4v) is 6.76. The molecule has 8 aromatic rings. The van der Waals surface area contributed by atoms with E-state index in [9.17, 15) is 21.0 Å². The number of fused-ring (bicyclic) bond motifs is 8. The molecule has 8 heteroatoms. The van der Waals surface area contributed by atoms with Gasteiger partial charge in [0.25, 0.3) is 0 Å². The van der Waals surface area contributed by atoms with Crippen molar-refractivity contribution in [1.29, 1.82) is 21.0 Å². The molecule has 48 heavy (non-hydrogen) atoms. The summed E-state index contributed by atoms with van der Waals surface area (Å²) >= 11 is 0. The van der Waals surface area contributed by atoms with Gasteiger partial charge in [0.05, 0.1) is 66.4 Å². The highest BCUT2D eigenvalue weighted by molar-refractivity contribution is 6.39. The van der Waals surface area contributed by atoms with Crippen LogP contribution in [-0.2, 0) is 10.8 Å². The fraction of sp³-hybridized carbons (Fsp3) is 0.200. The van der Waals surface area contributed by atoms with Crippen LogP contribution in [0.15, 0.2) is 48.5 Å². The molecule has 0 saturated heterocycles. The molecule has 0 atom stereocenters. The third kappa shape index (κ3) is 3.97. The highest BCUT2D eigenvalue weighted by Crippen LogP contribution is 2.47. The Hall–Kier alpha value is -6.48. The van der Waals surface area contributed by atoms with E-state index in [-0.39, 0.29) is 33.1 Å². The third-order valence-corrected chi connectivity index (χ3v) is 9.37. The summed E-state index contributed by atoms with van der Waals surface area (Å²) < 4.78 is 0. The minimum atomic E-state index is -0.234. The van der Waals surface area contributed by atoms with E-state index in [1.807, 2.05) is 0 Å². The second-order valence-electron chi connectivity index (χ2n) is 14.5. The van der Waals surface area contributed by atoms with Gasteiger partial charge in [0.1, 0.15) is 24.3 Å². The average Bonchev–Trinajstić information content (AvgIpc) is 3.07. The fourth-order valence-electron chi connectivity index (χ4n) is 6.76. The lowest BCUT2D eigenvalue weighted by Gasteiger charge is -2.25. The van der Waals surface area contributed by atoms with Crippen molar-refractivity contribution in [3.8, 4) is 24.3 Å². The highest BCUT2D eigenvalue weighted by Gasteiger charge is 2.27. The van der Waals surface area contributed by atoms with Crippen LogP contribution in [0.25, 0.3) is 76.5 Å². The predicted molar refractivity (Wildman–Crippen MR) is 188 cm³/mol. The van der Waals surface area contributed by atoms with Gasteiger partial charge in [-0.3, -0.25) is 0 Å². The highest BCUT2D eigenvalue weighted by atomic mass is 14.8. The zero-order valence-corrected chi connectivity index (χ0v) is 27.2. The molecule has 0 aliphatic rings. The Bertz CT molecular complexity index is 2570. The summed E-state index contributed by atoms with van der Waals surface area (Å²) in [5.74, 6) is 0. The van der Waals surface area contributed by atoms with Crippen molar-refractivity contribution >= 4 is 76.5 Å². The van der Waals surface area contributed by atoms with E-state index >= 15 is 0 Å². The molecule has 8 rings (SSSR count). The summed E-state index contributed by atoms with van der Waals surface area (Å²) in [4.78, 5) is 20.7. The van der Waals surface area contributed by atoms with Crippen molar-refractivity contribution in [1.82, 2.24) is 19.9 Å². The van der Waals surface area contributed by atoms with Crippen LogP contribution in [0.3, 0.4) is 0 Å². The van der Waals surface area contributed by atoms with Crippen molar-refractivity contribution < 1.29 is 0 Å². The van der Waals surface area contributed by atoms with Crippen LogP contribution in [0.5, 0.6) is 0 Å². The Balaban J connectivity index is 1.71. The minimum Gasteiger partial charge on any atom is -0.244 e. The van der Waals surface area contributed by atoms with Crippen LogP contribution in [0.1, 0.15) is 74.9 Å². The Morgan fingerprint density at radius 1 is 0.396 bits per heavy atom. The molecule has 6 aromatic carbocycles. The lowest BCUT2D eigenvalue weighted by atomic mass is 9.80. The van der Waals surface area contributed by atoms with Crippen LogP contribution in [-0.4, -0.2) is 19.9 Å². The molecule has 0 spiro atoms. The summed E-state index contributed by atoms with van der Waals surface area (Å²) in [6.45, 7) is 13.0. The molecule has 0 aliphatic carbocycles. The van der Waals surface area contributed by atoms with Crippen molar-refractivity contribution in [2.45, 2.75) is 52.4 Å². The van der Waals surface area contributed by atoms with Crippen molar-refractivity contribution in [3.05, 3.63) is 81.9 Å². The van der Waals surface area contributed by atoms with Gasteiger partial charge in [-0.15, -0.1) is 0 Å². The Morgan fingerprint density at radius 3 is 0.812 bits per heavy atom. The first-order chi connectivity index (χ1) is 22.8. The quantitative estimate of drug-likeness (QED) is 0.121. The van der Waals surface area contributed by atoms with E-state index in [1.165, 1.54) is 0 Å². The molecule has 0 radical (unpaired) electrons. The molecule has 0 unspecified atom stereocenters. The van der Waals surface area contributed by atoms with Crippen LogP contribution < -0.4 is 0 Å². The minimum absolute atomic E-state index is 0.234. The average molecular weight is 619 g/mol. The molecule has 0 saturated carbocycles. The first-order valence-corrected chi connectivity index (χ1v) is 15.6.